The first kappa shape index (κ1) is 11.6. The summed E-state index contributed by atoms with van der Waals surface area (Å²) >= 11 is 0. The first-order valence-electron chi connectivity index (χ1n) is 5.87. The zero-order valence-corrected chi connectivity index (χ0v) is 10.6. The van der Waals surface area contributed by atoms with Gasteiger partial charge >= 0.3 is 0 Å². The van der Waals surface area contributed by atoms with Crippen molar-refractivity contribution in [3.63, 3.8) is 0 Å². The van der Waals surface area contributed by atoms with Crippen LogP contribution >= 0.6 is 0 Å². The van der Waals surface area contributed by atoms with Crippen molar-refractivity contribution in [1.82, 2.24) is 14.8 Å². The fraction of sp³-hybridized carbons (Fsp3) is 0.231. The fourth-order valence-electron chi connectivity index (χ4n) is 2.16. The molecular weight excluding hydrogens is 244 g/mol. The summed E-state index contributed by atoms with van der Waals surface area (Å²) in [6, 6.07) is 5.42. The molecule has 0 N–H and O–H groups in total. The van der Waals surface area contributed by atoms with Crippen molar-refractivity contribution in [2.24, 2.45) is 7.05 Å². The van der Waals surface area contributed by atoms with Gasteiger partial charge in [-0.3, -0.25) is 14.5 Å². The molecule has 1 aromatic heterocycles. The topological polar surface area (TPSA) is 68.1 Å². The summed E-state index contributed by atoms with van der Waals surface area (Å²) in [5.74, 6) is -0.334. The van der Waals surface area contributed by atoms with E-state index in [1.165, 1.54) is 4.90 Å². The third-order valence-corrected chi connectivity index (χ3v) is 3.23. The lowest BCUT2D eigenvalue weighted by Crippen LogP contribution is -2.30. The van der Waals surface area contributed by atoms with Crippen LogP contribution in [-0.2, 0) is 18.4 Å². The second-order valence-electron chi connectivity index (χ2n) is 4.60. The van der Waals surface area contributed by atoms with Crippen molar-refractivity contribution >= 4 is 17.4 Å². The smallest absolute Gasteiger partial charge is 0.299 e. The Balaban J connectivity index is 2.02. The summed E-state index contributed by atoms with van der Waals surface area (Å²) in [5.41, 5.74) is 2.07. The van der Waals surface area contributed by atoms with Gasteiger partial charge in [-0.25, -0.2) is 0 Å². The van der Waals surface area contributed by atoms with Crippen molar-refractivity contribution < 1.29 is 9.59 Å². The maximum absolute atomic E-state index is 12.0. The van der Waals surface area contributed by atoms with Crippen LogP contribution in [0.15, 0.2) is 24.5 Å². The number of aryl methyl sites for hydroxylation is 2. The zero-order chi connectivity index (χ0) is 13.6. The lowest BCUT2D eigenvalue weighted by atomic mass is 10.1. The van der Waals surface area contributed by atoms with E-state index < -0.39 is 11.7 Å². The van der Waals surface area contributed by atoms with E-state index in [-0.39, 0.29) is 6.54 Å². The average molecular weight is 256 g/mol. The SMILES string of the molecule is Cc1ccc2c(c1)C(=O)C(=O)N2Cc1nncn1C. The molecule has 0 aliphatic carbocycles. The quantitative estimate of drug-likeness (QED) is 0.747. The van der Waals surface area contributed by atoms with Crippen LogP contribution in [0, 0.1) is 6.92 Å². The van der Waals surface area contributed by atoms with Crippen molar-refractivity contribution in [1.29, 1.82) is 0 Å². The van der Waals surface area contributed by atoms with Crippen molar-refractivity contribution in [3.05, 3.63) is 41.5 Å². The number of amides is 1. The Hall–Kier alpha value is -2.50. The minimum Gasteiger partial charge on any atom is -0.319 e. The molecule has 6 nitrogen and oxygen atoms in total. The fourth-order valence-corrected chi connectivity index (χ4v) is 2.16. The second kappa shape index (κ2) is 4.01. The normalized spacial score (nSPS) is 14.1. The van der Waals surface area contributed by atoms with Crippen LogP contribution in [0.2, 0.25) is 0 Å². The standard InChI is InChI=1S/C13H12N4O2/c1-8-3-4-10-9(5-8)12(18)13(19)17(10)6-11-15-14-7-16(11)2/h3-5,7H,6H2,1-2H3. The summed E-state index contributed by atoms with van der Waals surface area (Å²) in [4.78, 5) is 25.4. The van der Waals surface area contributed by atoms with Gasteiger partial charge in [0.25, 0.3) is 11.7 Å². The minimum absolute atomic E-state index is 0.247. The summed E-state index contributed by atoms with van der Waals surface area (Å²) in [6.07, 6.45) is 1.56. The molecule has 19 heavy (non-hydrogen) atoms. The van der Waals surface area contributed by atoms with E-state index in [4.69, 9.17) is 0 Å². The van der Waals surface area contributed by atoms with Gasteiger partial charge in [-0.15, -0.1) is 10.2 Å². The molecule has 2 heterocycles. The maximum Gasteiger partial charge on any atom is 0.299 e. The highest BCUT2D eigenvalue weighted by atomic mass is 16.2. The number of Topliss-reactive ketones (excluding diaryl/α,β-unsaturated/α-hetero) is 1. The Kier molecular flexibility index (Phi) is 2.45. The first-order chi connectivity index (χ1) is 9.08. The van der Waals surface area contributed by atoms with Gasteiger partial charge in [0.05, 0.1) is 17.8 Å². The van der Waals surface area contributed by atoms with E-state index in [2.05, 4.69) is 10.2 Å². The highest BCUT2D eigenvalue weighted by Gasteiger charge is 2.36. The Bertz CT molecular complexity index is 690. The number of carbonyl (C=O) groups excluding carboxylic acids is 2. The molecule has 1 aliphatic rings. The molecule has 0 bridgehead atoms. The van der Waals surface area contributed by atoms with E-state index in [1.54, 1.807) is 30.1 Å². The predicted molar refractivity (Wildman–Crippen MR) is 67.7 cm³/mol. The molecule has 1 aliphatic heterocycles. The monoisotopic (exact) mass is 256 g/mol. The Morgan fingerprint density at radius 3 is 2.74 bits per heavy atom. The average Bonchev–Trinajstić information content (AvgIpc) is 2.88. The number of hydrogen-bond donors (Lipinski definition) is 0. The Labute approximate surface area is 109 Å². The molecule has 0 saturated heterocycles. The largest absolute Gasteiger partial charge is 0.319 e. The van der Waals surface area contributed by atoms with Crippen molar-refractivity contribution in [2.45, 2.75) is 13.5 Å². The van der Waals surface area contributed by atoms with Crippen LogP contribution < -0.4 is 4.90 Å². The molecule has 3 rings (SSSR count). The Morgan fingerprint density at radius 1 is 1.26 bits per heavy atom. The summed E-state index contributed by atoms with van der Waals surface area (Å²) in [7, 11) is 1.80. The number of ketones is 1. The van der Waals surface area contributed by atoms with Gasteiger partial charge < -0.3 is 4.57 Å². The van der Waals surface area contributed by atoms with Crippen LogP contribution in [0.5, 0.6) is 0 Å². The van der Waals surface area contributed by atoms with E-state index in [0.29, 0.717) is 17.1 Å². The van der Waals surface area contributed by atoms with Gasteiger partial charge in [0.15, 0.2) is 5.82 Å². The van der Waals surface area contributed by atoms with Gasteiger partial charge in [-0.2, -0.15) is 0 Å². The molecular formula is C13H12N4O2. The van der Waals surface area contributed by atoms with Crippen LogP contribution in [0.3, 0.4) is 0 Å². The lowest BCUT2D eigenvalue weighted by molar-refractivity contribution is -0.114. The highest BCUT2D eigenvalue weighted by Crippen LogP contribution is 2.30. The van der Waals surface area contributed by atoms with E-state index in [9.17, 15) is 9.59 Å². The van der Waals surface area contributed by atoms with Crippen LogP contribution in [0.4, 0.5) is 5.69 Å². The molecule has 1 amide bonds. The first-order valence-corrected chi connectivity index (χ1v) is 5.87. The van der Waals surface area contributed by atoms with Crippen LogP contribution in [-0.4, -0.2) is 26.5 Å². The number of anilines is 1. The highest BCUT2D eigenvalue weighted by molar-refractivity contribution is 6.52. The molecule has 0 saturated carbocycles. The number of fused-ring (bicyclic) bond motifs is 1. The van der Waals surface area contributed by atoms with Crippen molar-refractivity contribution in [2.75, 3.05) is 4.90 Å². The predicted octanol–water partition coefficient (Wildman–Crippen LogP) is 0.853. The lowest BCUT2D eigenvalue weighted by Gasteiger charge is -2.15. The molecule has 0 radical (unpaired) electrons. The number of aromatic nitrogens is 3. The van der Waals surface area contributed by atoms with E-state index >= 15 is 0 Å². The molecule has 2 aromatic rings. The molecule has 0 unspecified atom stereocenters. The molecule has 0 fully saturated rings. The minimum atomic E-state index is -0.511. The number of rotatable bonds is 2. The number of benzene rings is 1. The molecule has 1 aromatic carbocycles. The molecule has 96 valence electrons. The molecule has 0 atom stereocenters. The molecule has 6 heteroatoms. The third-order valence-electron chi connectivity index (χ3n) is 3.23. The summed E-state index contributed by atoms with van der Waals surface area (Å²) in [5, 5.41) is 7.70. The third kappa shape index (κ3) is 1.72. The van der Waals surface area contributed by atoms with E-state index in [1.807, 2.05) is 13.0 Å². The van der Waals surface area contributed by atoms with Gasteiger partial charge in [0.1, 0.15) is 6.33 Å². The second-order valence-corrected chi connectivity index (χ2v) is 4.60. The van der Waals surface area contributed by atoms with Gasteiger partial charge in [-0.1, -0.05) is 11.6 Å². The van der Waals surface area contributed by atoms with Crippen LogP contribution in [0.1, 0.15) is 21.7 Å². The summed E-state index contributed by atoms with van der Waals surface area (Å²) < 4.78 is 1.73. The van der Waals surface area contributed by atoms with Crippen LogP contribution in [0.25, 0.3) is 0 Å². The van der Waals surface area contributed by atoms with Crippen molar-refractivity contribution in [3.8, 4) is 0 Å². The number of carbonyl (C=O) groups is 2. The Morgan fingerprint density at radius 2 is 2.05 bits per heavy atom. The van der Waals surface area contributed by atoms with Gasteiger partial charge in [-0.05, 0) is 19.1 Å². The maximum atomic E-state index is 12.0. The zero-order valence-electron chi connectivity index (χ0n) is 10.6. The molecule has 0 spiro atoms. The van der Waals surface area contributed by atoms with Gasteiger partial charge in [0.2, 0.25) is 0 Å². The summed E-state index contributed by atoms with van der Waals surface area (Å²) in [6.45, 7) is 2.14. The number of nitrogens with zero attached hydrogens (tertiary/aromatic N) is 4. The number of hydrogen-bond acceptors (Lipinski definition) is 4. The van der Waals surface area contributed by atoms with Gasteiger partial charge in [0, 0.05) is 7.05 Å². The van der Waals surface area contributed by atoms with E-state index in [0.717, 1.165) is 5.56 Å².